The Morgan fingerprint density at radius 1 is 1.47 bits per heavy atom. The Morgan fingerprint density at radius 3 is 2.94 bits per heavy atom. The van der Waals surface area contributed by atoms with Gasteiger partial charge >= 0.3 is 0 Å². The van der Waals surface area contributed by atoms with Crippen LogP contribution in [0.15, 0.2) is 12.1 Å². The topological polar surface area (TPSA) is 35.5 Å². The van der Waals surface area contributed by atoms with Crippen LogP contribution in [0.1, 0.15) is 34.3 Å². The van der Waals surface area contributed by atoms with Crippen LogP contribution in [0, 0.1) is 13.8 Å². The van der Waals surface area contributed by atoms with Crippen LogP contribution in [0.2, 0.25) is 0 Å². The Hall–Kier alpha value is -1.35. The number of benzene rings is 1. The molecule has 0 aliphatic carbocycles. The van der Waals surface area contributed by atoms with Crippen molar-refractivity contribution in [2.75, 3.05) is 13.2 Å². The van der Waals surface area contributed by atoms with Gasteiger partial charge in [0.2, 0.25) is 0 Å². The fourth-order valence-corrected chi connectivity index (χ4v) is 2.17. The zero-order chi connectivity index (χ0) is 12.3. The van der Waals surface area contributed by atoms with Crippen LogP contribution in [0.5, 0.6) is 5.75 Å². The summed E-state index contributed by atoms with van der Waals surface area (Å²) in [6.07, 6.45) is 3.18. The van der Waals surface area contributed by atoms with E-state index < -0.39 is 0 Å². The van der Waals surface area contributed by atoms with E-state index in [2.05, 4.69) is 0 Å². The van der Waals surface area contributed by atoms with Gasteiger partial charge in [0.15, 0.2) is 6.29 Å². The van der Waals surface area contributed by atoms with Crippen molar-refractivity contribution in [3.8, 4) is 5.75 Å². The molecule has 1 aromatic rings. The van der Waals surface area contributed by atoms with E-state index >= 15 is 0 Å². The zero-order valence-electron chi connectivity index (χ0n) is 10.4. The summed E-state index contributed by atoms with van der Waals surface area (Å²) < 4.78 is 11.2. The number of hydrogen-bond donors (Lipinski definition) is 0. The van der Waals surface area contributed by atoms with Gasteiger partial charge in [-0.3, -0.25) is 4.79 Å². The molecule has 1 heterocycles. The smallest absolute Gasteiger partial charge is 0.154 e. The first-order valence-corrected chi connectivity index (χ1v) is 6.01. The fourth-order valence-electron chi connectivity index (χ4n) is 2.17. The third kappa shape index (κ3) is 2.86. The van der Waals surface area contributed by atoms with Crippen molar-refractivity contribution in [2.24, 2.45) is 0 Å². The molecule has 0 radical (unpaired) electrons. The summed E-state index contributed by atoms with van der Waals surface area (Å²) in [5.74, 6) is 0.674. The van der Waals surface area contributed by atoms with E-state index in [0.29, 0.717) is 17.9 Å². The average molecular weight is 234 g/mol. The quantitative estimate of drug-likeness (QED) is 0.751. The number of aldehydes is 1. The van der Waals surface area contributed by atoms with Gasteiger partial charge in [-0.05, 0) is 43.9 Å². The van der Waals surface area contributed by atoms with Crippen LogP contribution in [0.4, 0.5) is 0 Å². The van der Waals surface area contributed by atoms with Crippen LogP contribution in [0.25, 0.3) is 0 Å². The summed E-state index contributed by atoms with van der Waals surface area (Å²) in [6.45, 7) is 5.28. The second kappa shape index (κ2) is 5.32. The standard InChI is InChI=1S/C14H18O3/c1-10-6-11(2)13(8-15)14(7-10)17-9-12-4-3-5-16-12/h6-8,12H,3-5,9H2,1-2H3. The molecule has 0 aromatic heterocycles. The Labute approximate surface area is 102 Å². The van der Waals surface area contributed by atoms with Gasteiger partial charge in [0.05, 0.1) is 11.7 Å². The first kappa shape index (κ1) is 12.1. The van der Waals surface area contributed by atoms with Gasteiger partial charge in [-0.15, -0.1) is 0 Å². The predicted octanol–water partition coefficient (Wildman–Crippen LogP) is 2.67. The van der Waals surface area contributed by atoms with Crippen molar-refractivity contribution in [3.05, 3.63) is 28.8 Å². The fraction of sp³-hybridized carbons (Fsp3) is 0.500. The Kier molecular flexibility index (Phi) is 3.79. The van der Waals surface area contributed by atoms with Crippen molar-refractivity contribution < 1.29 is 14.3 Å². The summed E-state index contributed by atoms with van der Waals surface area (Å²) >= 11 is 0. The molecule has 1 atom stereocenters. The van der Waals surface area contributed by atoms with E-state index in [-0.39, 0.29) is 6.10 Å². The molecule has 1 fully saturated rings. The predicted molar refractivity (Wildman–Crippen MR) is 65.8 cm³/mol. The molecule has 1 aliphatic heterocycles. The number of rotatable bonds is 4. The van der Waals surface area contributed by atoms with Gasteiger partial charge in [0.1, 0.15) is 12.4 Å². The van der Waals surface area contributed by atoms with Gasteiger partial charge in [0.25, 0.3) is 0 Å². The largest absolute Gasteiger partial charge is 0.490 e. The molecular formula is C14H18O3. The molecule has 3 nitrogen and oxygen atoms in total. The number of hydrogen-bond acceptors (Lipinski definition) is 3. The lowest BCUT2D eigenvalue weighted by molar-refractivity contribution is 0.0674. The second-order valence-corrected chi connectivity index (χ2v) is 4.56. The van der Waals surface area contributed by atoms with Gasteiger partial charge in [0, 0.05) is 6.61 Å². The van der Waals surface area contributed by atoms with E-state index in [4.69, 9.17) is 9.47 Å². The van der Waals surface area contributed by atoms with Gasteiger partial charge < -0.3 is 9.47 Å². The van der Waals surface area contributed by atoms with E-state index in [0.717, 1.165) is 36.9 Å². The molecule has 1 aliphatic rings. The SMILES string of the molecule is Cc1cc(C)c(C=O)c(OCC2CCCO2)c1. The molecule has 0 amide bonds. The van der Waals surface area contributed by atoms with E-state index in [1.807, 2.05) is 26.0 Å². The number of aryl methyl sites for hydroxylation is 2. The van der Waals surface area contributed by atoms with Gasteiger partial charge in [-0.2, -0.15) is 0 Å². The van der Waals surface area contributed by atoms with Crippen molar-refractivity contribution >= 4 is 6.29 Å². The third-order valence-electron chi connectivity index (χ3n) is 3.06. The maximum atomic E-state index is 11.0. The number of ether oxygens (including phenoxy) is 2. The molecule has 1 aromatic carbocycles. The third-order valence-corrected chi connectivity index (χ3v) is 3.06. The number of carbonyl (C=O) groups is 1. The summed E-state index contributed by atoms with van der Waals surface area (Å²) in [5.41, 5.74) is 2.71. The highest BCUT2D eigenvalue weighted by Gasteiger charge is 2.17. The molecule has 0 N–H and O–H groups in total. The van der Waals surface area contributed by atoms with E-state index in [1.165, 1.54) is 0 Å². The molecule has 2 rings (SSSR count). The summed E-state index contributed by atoms with van der Waals surface area (Å²) in [4.78, 5) is 11.0. The molecule has 0 bridgehead atoms. The van der Waals surface area contributed by atoms with Crippen molar-refractivity contribution in [1.29, 1.82) is 0 Å². The summed E-state index contributed by atoms with van der Waals surface area (Å²) in [6, 6.07) is 3.90. The zero-order valence-corrected chi connectivity index (χ0v) is 10.4. The minimum Gasteiger partial charge on any atom is -0.490 e. The highest BCUT2D eigenvalue weighted by molar-refractivity contribution is 5.81. The van der Waals surface area contributed by atoms with Crippen molar-refractivity contribution in [1.82, 2.24) is 0 Å². The Balaban J connectivity index is 2.10. The van der Waals surface area contributed by atoms with E-state index in [9.17, 15) is 4.79 Å². The Morgan fingerprint density at radius 2 is 2.29 bits per heavy atom. The molecular weight excluding hydrogens is 216 g/mol. The average Bonchev–Trinajstić information content (AvgIpc) is 2.78. The second-order valence-electron chi connectivity index (χ2n) is 4.56. The normalized spacial score (nSPS) is 19.3. The molecule has 1 saturated heterocycles. The highest BCUT2D eigenvalue weighted by Crippen LogP contribution is 2.24. The summed E-state index contributed by atoms with van der Waals surface area (Å²) in [5, 5.41) is 0. The van der Waals surface area contributed by atoms with Gasteiger partial charge in [-0.1, -0.05) is 6.07 Å². The lowest BCUT2D eigenvalue weighted by atomic mass is 10.1. The maximum absolute atomic E-state index is 11.0. The molecule has 17 heavy (non-hydrogen) atoms. The Bertz CT molecular complexity index is 406. The molecule has 0 spiro atoms. The molecule has 0 saturated carbocycles. The first-order chi connectivity index (χ1) is 8.20. The maximum Gasteiger partial charge on any atom is 0.154 e. The van der Waals surface area contributed by atoms with Crippen molar-refractivity contribution in [2.45, 2.75) is 32.8 Å². The highest BCUT2D eigenvalue weighted by atomic mass is 16.5. The van der Waals surface area contributed by atoms with Gasteiger partial charge in [-0.25, -0.2) is 0 Å². The summed E-state index contributed by atoms with van der Waals surface area (Å²) in [7, 11) is 0. The lowest BCUT2D eigenvalue weighted by Crippen LogP contribution is -2.17. The van der Waals surface area contributed by atoms with Crippen LogP contribution >= 0.6 is 0 Å². The van der Waals surface area contributed by atoms with Crippen molar-refractivity contribution in [3.63, 3.8) is 0 Å². The molecule has 1 unspecified atom stereocenters. The lowest BCUT2D eigenvalue weighted by Gasteiger charge is -2.14. The van der Waals surface area contributed by atoms with E-state index in [1.54, 1.807) is 0 Å². The monoisotopic (exact) mass is 234 g/mol. The number of carbonyl (C=O) groups excluding carboxylic acids is 1. The minimum absolute atomic E-state index is 0.176. The van der Waals surface area contributed by atoms with Crippen LogP contribution in [0.3, 0.4) is 0 Å². The van der Waals surface area contributed by atoms with Crippen LogP contribution < -0.4 is 4.74 Å². The minimum atomic E-state index is 0.176. The van der Waals surface area contributed by atoms with Crippen LogP contribution in [-0.4, -0.2) is 25.6 Å². The molecule has 92 valence electrons. The van der Waals surface area contributed by atoms with Crippen LogP contribution in [-0.2, 0) is 4.74 Å². The molecule has 3 heteroatoms. The first-order valence-electron chi connectivity index (χ1n) is 6.01.